The first-order chi connectivity index (χ1) is 10.4. The number of carboxylic acid groups (broad SMARTS) is 1. The van der Waals surface area contributed by atoms with Crippen molar-refractivity contribution in [3.8, 4) is 5.75 Å². The van der Waals surface area contributed by atoms with E-state index < -0.39 is 5.97 Å². The number of thioether (sulfide) groups is 1. The zero-order chi connectivity index (χ0) is 16.3. The van der Waals surface area contributed by atoms with E-state index in [0.717, 1.165) is 11.8 Å². The highest BCUT2D eigenvalue weighted by Crippen LogP contribution is 2.34. The number of aliphatic carboxylic acids is 1. The fraction of sp³-hybridized carbons (Fsp3) is 0.214. The zero-order valence-electron chi connectivity index (χ0n) is 11.3. The highest BCUT2D eigenvalue weighted by atomic mass is 35.5. The van der Waals surface area contributed by atoms with Gasteiger partial charge < -0.3 is 10.2 Å². The van der Waals surface area contributed by atoms with Crippen LogP contribution in [-0.4, -0.2) is 37.9 Å². The first kappa shape index (κ1) is 16.8. The maximum Gasteiger partial charge on any atom is 0.303 e. The zero-order valence-corrected chi connectivity index (χ0v) is 13.7. The van der Waals surface area contributed by atoms with E-state index in [0.29, 0.717) is 26.2 Å². The minimum absolute atomic E-state index is 0.0144. The second-order valence-corrected chi connectivity index (χ2v) is 6.65. The number of benzene rings is 1. The summed E-state index contributed by atoms with van der Waals surface area (Å²) in [4.78, 5) is 24.5. The van der Waals surface area contributed by atoms with Gasteiger partial charge in [0.25, 0.3) is 5.91 Å². The van der Waals surface area contributed by atoms with Crippen molar-refractivity contribution in [3.63, 3.8) is 0 Å². The normalized spacial score (nSPS) is 16.6. The molecule has 0 unspecified atom stereocenters. The summed E-state index contributed by atoms with van der Waals surface area (Å²) in [5.74, 6) is -1.19. The molecule has 1 saturated heterocycles. The molecular formula is C14H12ClNO4S2. The Kier molecular flexibility index (Phi) is 5.44. The molecule has 1 amide bonds. The van der Waals surface area contributed by atoms with Crippen LogP contribution >= 0.6 is 35.6 Å². The Labute approximate surface area is 141 Å². The van der Waals surface area contributed by atoms with Crippen molar-refractivity contribution in [1.82, 2.24) is 4.90 Å². The van der Waals surface area contributed by atoms with Crippen LogP contribution in [0, 0.1) is 0 Å². The lowest BCUT2D eigenvalue weighted by atomic mass is 10.2. The lowest BCUT2D eigenvalue weighted by Crippen LogP contribution is -2.29. The van der Waals surface area contributed by atoms with Gasteiger partial charge in [0.15, 0.2) is 0 Å². The first-order valence-corrected chi connectivity index (χ1v) is 7.94. The van der Waals surface area contributed by atoms with Gasteiger partial charge in [0.1, 0.15) is 10.1 Å². The average Bonchev–Trinajstić information content (AvgIpc) is 2.70. The standard InChI is InChI=1S/C14H12ClNO4S2/c15-9-3-4-10(17)8(6-9)7-11-13(20)16(14(21)22-11)5-1-2-12(18)19/h3-4,6-7,17H,1-2,5H2,(H,18,19)/b11-7+. The third-order valence-electron chi connectivity index (χ3n) is 2.92. The molecule has 5 nitrogen and oxygen atoms in total. The summed E-state index contributed by atoms with van der Waals surface area (Å²) < 4.78 is 0.378. The van der Waals surface area contributed by atoms with Crippen molar-refractivity contribution in [2.75, 3.05) is 6.54 Å². The van der Waals surface area contributed by atoms with E-state index in [1.807, 2.05) is 0 Å². The molecule has 0 spiro atoms. The molecule has 0 aromatic heterocycles. The van der Waals surface area contributed by atoms with Crippen molar-refractivity contribution in [3.05, 3.63) is 33.7 Å². The number of aromatic hydroxyl groups is 1. The number of nitrogens with zero attached hydrogens (tertiary/aromatic N) is 1. The summed E-state index contributed by atoms with van der Waals surface area (Å²) in [7, 11) is 0. The molecule has 1 aliphatic rings. The van der Waals surface area contributed by atoms with Gasteiger partial charge >= 0.3 is 5.97 Å². The van der Waals surface area contributed by atoms with E-state index >= 15 is 0 Å². The van der Waals surface area contributed by atoms with E-state index in [1.165, 1.54) is 17.0 Å². The summed E-state index contributed by atoms with van der Waals surface area (Å²) in [6, 6.07) is 4.54. The minimum Gasteiger partial charge on any atom is -0.507 e. The first-order valence-electron chi connectivity index (χ1n) is 6.34. The number of hydrogen-bond donors (Lipinski definition) is 2. The molecule has 116 valence electrons. The lowest BCUT2D eigenvalue weighted by Gasteiger charge is -2.13. The van der Waals surface area contributed by atoms with Crippen LogP contribution in [0.25, 0.3) is 6.08 Å². The van der Waals surface area contributed by atoms with Crippen molar-refractivity contribution < 1.29 is 19.8 Å². The Morgan fingerprint density at radius 2 is 2.18 bits per heavy atom. The fourth-order valence-corrected chi connectivity index (χ4v) is 3.34. The van der Waals surface area contributed by atoms with Gasteiger partial charge in [-0.05, 0) is 30.7 Å². The summed E-state index contributed by atoms with van der Waals surface area (Å²) in [6.07, 6.45) is 1.83. The van der Waals surface area contributed by atoms with Crippen LogP contribution in [0.2, 0.25) is 5.02 Å². The topological polar surface area (TPSA) is 77.8 Å². The van der Waals surface area contributed by atoms with Gasteiger partial charge in [0.05, 0.1) is 4.91 Å². The third-order valence-corrected chi connectivity index (χ3v) is 4.54. The molecule has 8 heteroatoms. The van der Waals surface area contributed by atoms with Crippen molar-refractivity contribution in [2.45, 2.75) is 12.8 Å². The van der Waals surface area contributed by atoms with Crippen LogP contribution in [0.1, 0.15) is 18.4 Å². The maximum atomic E-state index is 12.3. The molecule has 2 N–H and O–H groups in total. The highest BCUT2D eigenvalue weighted by molar-refractivity contribution is 8.26. The number of hydrogen-bond acceptors (Lipinski definition) is 5. The molecule has 1 fully saturated rings. The number of carbonyl (C=O) groups excluding carboxylic acids is 1. The van der Waals surface area contributed by atoms with Crippen LogP contribution in [0.3, 0.4) is 0 Å². The Balaban J connectivity index is 2.15. The summed E-state index contributed by atoms with van der Waals surface area (Å²) >= 11 is 12.1. The monoisotopic (exact) mass is 357 g/mol. The molecule has 1 heterocycles. The van der Waals surface area contributed by atoms with Crippen molar-refractivity contribution in [1.29, 1.82) is 0 Å². The number of carboxylic acids is 1. The van der Waals surface area contributed by atoms with Crippen LogP contribution in [0.15, 0.2) is 23.1 Å². The molecular weight excluding hydrogens is 346 g/mol. The average molecular weight is 358 g/mol. The van der Waals surface area contributed by atoms with E-state index in [1.54, 1.807) is 12.1 Å². The smallest absolute Gasteiger partial charge is 0.303 e. The molecule has 1 aromatic carbocycles. The van der Waals surface area contributed by atoms with Gasteiger partial charge in [-0.3, -0.25) is 14.5 Å². The minimum atomic E-state index is -0.912. The number of phenols is 1. The largest absolute Gasteiger partial charge is 0.507 e. The second-order valence-electron chi connectivity index (χ2n) is 4.53. The van der Waals surface area contributed by atoms with Crippen LogP contribution in [0.4, 0.5) is 0 Å². The fourth-order valence-electron chi connectivity index (χ4n) is 1.86. The molecule has 0 radical (unpaired) electrons. The summed E-state index contributed by atoms with van der Waals surface area (Å²) in [6.45, 7) is 0.260. The number of rotatable bonds is 5. The van der Waals surface area contributed by atoms with Gasteiger partial charge in [-0.25, -0.2) is 0 Å². The van der Waals surface area contributed by atoms with Gasteiger partial charge in [-0.15, -0.1) is 0 Å². The molecule has 0 saturated carbocycles. The Morgan fingerprint density at radius 3 is 2.86 bits per heavy atom. The number of amides is 1. The predicted octanol–water partition coefficient (Wildman–Crippen LogP) is 3.11. The Hall–Kier alpha value is -1.57. The maximum absolute atomic E-state index is 12.3. The summed E-state index contributed by atoms with van der Waals surface area (Å²) in [5.41, 5.74) is 0.429. The number of phenolic OH excluding ortho intramolecular Hbond substituents is 1. The van der Waals surface area contributed by atoms with E-state index in [9.17, 15) is 14.7 Å². The van der Waals surface area contributed by atoms with E-state index in [2.05, 4.69) is 0 Å². The summed E-state index contributed by atoms with van der Waals surface area (Å²) in [5, 5.41) is 18.9. The molecule has 1 aliphatic heterocycles. The van der Waals surface area contributed by atoms with Gasteiger partial charge in [0.2, 0.25) is 0 Å². The third kappa shape index (κ3) is 4.00. The molecule has 2 rings (SSSR count). The molecule has 0 atom stereocenters. The van der Waals surface area contributed by atoms with Gasteiger partial charge in [-0.1, -0.05) is 35.6 Å². The SMILES string of the molecule is O=C(O)CCCN1C(=O)/C(=C\c2cc(Cl)ccc2O)SC1=S. The van der Waals surface area contributed by atoms with Crippen LogP contribution < -0.4 is 0 Å². The van der Waals surface area contributed by atoms with E-state index in [-0.39, 0.29) is 24.6 Å². The van der Waals surface area contributed by atoms with E-state index in [4.69, 9.17) is 28.9 Å². The highest BCUT2D eigenvalue weighted by Gasteiger charge is 2.31. The van der Waals surface area contributed by atoms with Gasteiger partial charge in [0, 0.05) is 23.6 Å². The van der Waals surface area contributed by atoms with Crippen molar-refractivity contribution >= 4 is 57.9 Å². The lowest BCUT2D eigenvalue weighted by molar-refractivity contribution is -0.137. The van der Waals surface area contributed by atoms with Crippen molar-refractivity contribution in [2.24, 2.45) is 0 Å². The number of thiocarbonyl (C=S) groups is 1. The Bertz CT molecular complexity index is 675. The quantitative estimate of drug-likeness (QED) is 0.622. The number of carbonyl (C=O) groups is 2. The molecule has 0 aliphatic carbocycles. The van der Waals surface area contributed by atoms with Gasteiger partial charge in [-0.2, -0.15) is 0 Å². The number of halogens is 1. The van der Waals surface area contributed by atoms with Crippen LogP contribution in [0.5, 0.6) is 5.75 Å². The molecule has 0 bridgehead atoms. The predicted molar refractivity (Wildman–Crippen MR) is 89.9 cm³/mol. The Morgan fingerprint density at radius 1 is 1.45 bits per heavy atom. The van der Waals surface area contributed by atoms with Crippen LogP contribution in [-0.2, 0) is 9.59 Å². The molecule has 22 heavy (non-hydrogen) atoms. The molecule has 1 aromatic rings. The second kappa shape index (κ2) is 7.13.